The first-order valence-electron chi connectivity index (χ1n) is 5.88. The smallest absolute Gasteiger partial charge is 0.256 e. The van der Waals surface area contributed by atoms with Gasteiger partial charge in [0, 0.05) is 17.9 Å². The average molecular weight is 335 g/mol. The van der Waals surface area contributed by atoms with Gasteiger partial charge in [-0.15, -0.1) is 0 Å². The van der Waals surface area contributed by atoms with Crippen LogP contribution in [-0.2, 0) is 0 Å². The maximum absolute atomic E-state index is 13.8. The molecule has 1 aliphatic heterocycles. The largest absolute Gasteiger partial charge is 0.337 e. The summed E-state index contributed by atoms with van der Waals surface area (Å²) in [6.07, 6.45) is 0.920. The van der Waals surface area contributed by atoms with E-state index in [1.165, 1.54) is 12.1 Å². The molecule has 18 heavy (non-hydrogen) atoms. The summed E-state index contributed by atoms with van der Waals surface area (Å²) in [7, 11) is 0. The van der Waals surface area contributed by atoms with E-state index in [1.807, 2.05) is 0 Å². The van der Waals surface area contributed by atoms with Gasteiger partial charge >= 0.3 is 0 Å². The fourth-order valence-electron chi connectivity index (χ4n) is 2.05. The van der Waals surface area contributed by atoms with Crippen molar-refractivity contribution in [2.24, 2.45) is 5.92 Å². The summed E-state index contributed by atoms with van der Waals surface area (Å²) in [4.78, 5) is 14.2. The minimum atomic E-state index is -0.631. The number of carbonyl (C=O) groups is 1. The quantitative estimate of drug-likeness (QED) is 0.717. The molecule has 0 spiro atoms. The van der Waals surface area contributed by atoms with Gasteiger partial charge in [0.25, 0.3) is 5.91 Å². The van der Waals surface area contributed by atoms with Gasteiger partial charge in [-0.05, 0) is 24.5 Å². The molecule has 0 aliphatic carbocycles. The molecule has 2 unspecified atom stereocenters. The molecule has 0 N–H and O–H groups in total. The van der Waals surface area contributed by atoms with Crippen LogP contribution in [0.25, 0.3) is 0 Å². The predicted octanol–water partition coefficient (Wildman–Crippen LogP) is 3.72. The average Bonchev–Trinajstić information content (AvgIpc) is 2.35. The molecule has 2 atom stereocenters. The highest BCUT2D eigenvalue weighted by Gasteiger charge is 2.29. The van der Waals surface area contributed by atoms with E-state index in [0.717, 1.165) is 6.42 Å². The standard InChI is InChI=1S/C13H14BrClFNO/c1-8-5-6-17(7-10(8)14)13(18)9-3-2-4-11(15)12(9)16/h2-4,8,10H,5-7H2,1H3. The van der Waals surface area contributed by atoms with Crippen LogP contribution in [0.2, 0.25) is 5.02 Å². The van der Waals surface area contributed by atoms with Crippen molar-refractivity contribution in [1.29, 1.82) is 0 Å². The van der Waals surface area contributed by atoms with Crippen LogP contribution < -0.4 is 0 Å². The van der Waals surface area contributed by atoms with Gasteiger partial charge < -0.3 is 4.90 Å². The highest BCUT2D eigenvalue weighted by molar-refractivity contribution is 9.09. The minimum Gasteiger partial charge on any atom is -0.337 e. The Kier molecular flexibility index (Phi) is 4.28. The third-order valence-corrected chi connectivity index (χ3v) is 4.82. The topological polar surface area (TPSA) is 20.3 Å². The number of halogens is 3. The maximum atomic E-state index is 13.8. The molecule has 1 amide bonds. The number of benzene rings is 1. The first kappa shape index (κ1) is 13.8. The summed E-state index contributed by atoms with van der Waals surface area (Å²) in [5.74, 6) is -0.390. The van der Waals surface area contributed by atoms with Crippen molar-refractivity contribution in [3.8, 4) is 0 Å². The molecule has 5 heteroatoms. The molecule has 2 nitrogen and oxygen atoms in total. The fourth-order valence-corrected chi connectivity index (χ4v) is 2.83. The van der Waals surface area contributed by atoms with Crippen molar-refractivity contribution < 1.29 is 9.18 Å². The lowest BCUT2D eigenvalue weighted by Crippen LogP contribution is -2.43. The first-order valence-corrected chi connectivity index (χ1v) is 7.17. The molecule has 1 heterocycles. The van der Waals surface area contributed by atoms with Crippen molar-refractivity contribution in [1.82, 2.24) is 4.90 Å². The number of amides is 1. The van der Waals surface area contributed by atoms with Crippen molar-refractivity contribution >= 4 is 33.4 Å². The molecule has 0 saturated carbocycles. The van der Waals surface area contributed by atoms with Crippen molar-refractivity contribution in [3.63, 3.8) is 0 Å². The zero-order valence-electron chi connectivity index (χ0n) is 10.00. The van der Waals surface area contributed by atoms with Gasteiger partial charge in [0.1, 0.15) is 0 Å². The summed E-state index contributed by atoms with van der Waals surface area (Å²) >= 11 is 9.25. The van der Waals surface area contributed by atoms with E-state index in [1.54, 1.807) is 11.0 Å². The summed E-state index contributed by atoms with van der Waals surface area (Å²) < 4.78 is 13.8. The monoisotopic (exact) mass is 333 g/mol. The number of hydrogen-bond donors (Lipinski definition) is 0. The van der Waals surface area contributed by atoms with Gasteiger partial charge in [-0.1, -0.05) is 40.5 Å². The third kappa shape index (κ3) is 2.69. The van der Waals surface area contributed by atoms with Gasteiger partial charge in [-0.3, -0.25) is 4.79 Å². The first-order chi connectivity index (χ1) is 8.50. The highest BCUT2D eigenvalue weighted by atomic mass is 79.9. The zero-order chi connectivity index (χ0) is 13.3. The second-order valence-corrected chi connectivity index (χ2v) is 6.22. The number of likely N-dealkylation sites (tertiary alicyclic amines) is 1. The van der Waals surface area contributed by atoms with Gasteiger partial charge in [0.05, 0.1) is 10.6 Å². The SMILES string of the molecule is CC1CCN(C(=O)c2cccc(Cl)c2F)CC1Br. The number of alkyl halides is 1. The molecule has 0 bridgehead atoms. The van der Waals surface area contributed by atoms with E-state index in [2.05, 4.69) is 22.9 Å². The van der Waals surface area contributed by atoms with E-state index in [9.17, 15) is 9.18 Å². The Morgan fingerprint density at radius 2 is 2.28 bits per heavy atom. The third-order valence-electron chi connectivity index (χ3n) is 3.34. The predicted molar refractivity (Wildman–Crippen MR) is 73.8 cm³/mol. The Bertz CT molecular complexity index is 468. The Morgan fingerprint density at radius 1 is 1.56 bits per heavy atom. The molecule has 1 aliphatic rings. The maximum Gasteiger partial charge on any atom is 0.256 e. The van der Waals surface area contributed by atoms with E-state index < -0.39 is 5.82 Å². The highest BCUT2D eigenvalue weighted by Crippen LogP contribution is 2.26. The molecular weight excluding hydrogens is 321 g/mol. The molecular formula is C13H14BrClFNO. The second-order valence-electron chi connectivity index (χ2n) is 4.63. The van der Waals surface area contributed by atoms with Gasteiger partial charge in [-0.25, -0.2) is 4.39 Å². The van der Waals surface area contributed by atoms with Gasteiger partial charge in [0.15, 0.2) is 5.82 Å². The molecule has 1 fully saturated rings. The molecule has 98 valence electrons. The lowest BCUT2D eigenvalue weighted by Gasteiger charge is -2.34. The molecule has 0 radical (unpaired) electrons. The number of carbonyl (C=O) groups excluding carboxylic acids is 1. The molecule has 2 rings (SSSR count). The van der Waals surface area contributed by atoms with Crippen LogP contribution in [0.15, 0.2) is 18.2 Å². The van der Waals surface area contributed by atoms with E-state index >= 15 is 0 Å². The Hall–Kier alpha value is -0.610. The van der Waals surface area contributed by atoms with Crippen molar-refractivity contribution in [2.45, 2.75) is 18.2 Å². The molecule has 0 aromatic heterocycles. The number of piperidine rings is 1. The van der Waals surface area contributed by atoms with E-state index in [-0.39, 0.29) is 21.3 Å². The number of nitrogens with zero attached hydrogens (tertiary/aromatic N) is 1. The normalized spacial score (nSPS) is 24.1. The van der Waals surface area contributed by atoms with E-state index in [0.29, 0.717) is 19.0 Å². The summed E-state index contributed by atoms with van der Waals surface area (Å²) in [6.45, 7) is 3.40. The second kappa shape index (κ2) is 5.57. The number of hydrogen-bond acceptors (Lipinski definition) is 1. The molecule has 1 aromatic rings. The Balaban J connectivity index is 2.19. The van der Waals surface area contributed by atoms with Gasteiger partial charge in [-0.2, -0.15) is 0 Å². The van der Waals surface area contributed by atoms with Crippen LogP contribution in [0.1, 0.15) is 23.7 Å². The van der Waals surface area contributed by atoms with Crippen LogP contribution in [0, 0.1) is 11.7 Å². The Labute approximate surface area is 119 Å². The van der Waals surface area contributed by atoms with Crippen LogP contribution in [0.4, 0.5) is 4.39 Å². The number of rotatable bonds is 1. The lowest BCUT2D eigenvalue weighted by atomic mass is 9.98. The molecule has 1 saturated heterocycles. The van der Waals surface area contributed by atoms with Crippen molar-refractivity contribution in [3.05, 3.63) is 34.6 Å². The molecule has 1 aromatic carbocycles. The van der Waals surface area contributed by atoms with Crippen LogP contribution in [-0.4, -0.2) is 28.7 Å². The lowest BCUT2D eigenvalue weighted by molar-refractivity contribution is 0.0701. The minimum absolute atomic E-state index is 0.0124. The summed E-state index contributed by atoms with van der Waals surface area (Å²) in [5.41, 5.74) is 0.0525. The fraction of sp³-hybridized carbons (Fsp3) is 0.462. The Morgan fingerprint density at radius 3 is 2.94 bits per heavy atom. The van der Waals surface area contributed by atoms with Crippen LogP contribution >= 0.6 is 27.5 Å². The van der Waals surface area contributed by atoms with Crippen LogP contribution in [0.3, 0.4) is 0 Å². The van der Waals surface area contributed by atoms with E-state index in [4.69, 9.17) is 11.6 Å². The van der Waals surface area contributed by atoms with Crippen molar-refractivity contribution in [2.75, 3.05) is 13.1 Å². The summed E-state index contributed by atoms with van der Waals surface area (Å²) in [6, 6.07) is 4.51. The van der Waals surface area contributed by atoms with Gasteiger partial charge in [0.2, 0.25) is 0 Å². The van der Waals surface area contributed by atoms with Crippen LogP contribution in [0.5, 0.6) is 0 Å². The summed E-state index contributed by atoms with van der Waals surface area (Å²) in [5, 5.41) is -0.0124. The zero-order valence-corrected chi connectivity index (χ0v) is 12.3.